The number of nitrogens with one attached hydrogen (secondary N) is 4. The Morgan fingerprint density at radius 2 is 1.30 bits per heavy atom. The van der Waals surface area contributed by atoms with E-state index >= 15 is 0 Å². The Morgan fingerprint density at radius 1 is 0.759 bits per heavy atom. The molecule has 0 radical (unpaired) electrons. The van der Waals surface area contributed by atoms with E-state index in [1.54, 1.807) is 11.1 Å². The molecule has 0 aliphatic carbocycles. The molecule has 2 aliphatic heterocycles. The van der Waals surface area contributed by atoms with Gasteiger partial charge in [0, 0.05) is 13.1 Å². The predicted molar refractivity (Wildman–Crippen MR) is 205 cm³/mol. The van der Waals surface area contributed by atoms with Crippen LogP contribution in [0, 0.1) is 11.8 Å². The summed E-state index contributed by atoms with van der Waals surface area (Å²) in [4.78, 5) is 70.9. The zero-order valence-corrected chi connectivity index (χ0v) is 31.7. The van der Waals surface area contributed by atoms with Gasteiger partial charge in [0.1, 0.15) is 23.7 Å². The number of ether oxygens (including phenoxy) is 2. The fourth-order valence-electron chi connectivity index (χ4n) is 7.31. The van der Waals surface area contributed by atoms with Crippen molar-refractivity contribution >= 4 is 47.2 Å². The quantitative estimate of drug-likeness (QED) is 0.131. The summed E-state index contributed by atoms with van der Waals surface area (Å²) >= 11 is 0. The second kappa shape index (κ2) is 16.6. The van der Waals surface area contributed by atoms with Gasteiger partial charge in [-0.3, -0.25) is 9.59 Å². The summed E-state index contributed by atoms with van der Waals surface area (Å²) < 4.78 is 9.50. The Balaban J connectivity index is 1.11. The largest absolute Gasteiger partial charge is 0.453 e. The van der Waals surface area contributed by atoms with E-state index in [1.165, 1.54) is 14.2 Å². The number of aromatic amines is 2. The fraction of sp³-hybridized carbons (Fsp3) is 0.450. The second-order valence-electron chi connectivity index (χ2n) is 14.6. The van der Waals surface area contributed by atoms with Gasteiger partial charge in [0.15, 0.2) is 0 Å². The average Bonchev–Trinajstić information content (AvgIpc) is 4.00. The molecule has 2 aliphatic rings. The van der Waals surface area contributed by atoms with Gasteiger partial charge >= 0.3 is 12.2 Å². The maximum absolute atomic E-state index is 13.5. The van der Waals surface area contributed by atoms with Gasteiger partial charge in [-0.2, -0.15) is 0 Å². The van der Waals surface area contributed by atoms with Crippen LogP contribution < -0.4 is 10.6 Å². The molecule has 2 fully saturated rings. The van der Waals surface area contributed by atoms with E-state index < -0.39 is 24.3 Å². The van der Waals surface area contributed by atoms with Crippen molar-refractivity contribution in [1.82, 2.24) is 40.4 Å². The van der Waals surface area contributed by atoms with Crippen LogP contribution in [0.25, 0.3) is 34.4 Å². The molecule has 0 saturated carbocycles. The number of likely N-dealkylation sites (tertiary alicyclic amines) is 2. The highest BCUT2D eigenvalue weighted by Crippen LogP contribution is 2.34. The Bertz CT molecular complexity index is 2000. The average molecular weight is 739 g/mol. The van der Waals surface area contributed by atoms with Crippen molar-refractivity contribution in [2.75, 3.05) is 27.3 Å². The number of carbonyl (C=O) groups excluding carboxylic acids is 4. The lowest BCUT2D eigenvalue weighted by molar-refractivity contribution is -0.136. The molecule has 4 N–H and O–H groups in total. The minimum atomic E-state index is -0.688. The molecular weight excluding hydrogens is 688 g/mol. The van der Waals surface area contributed by atoms with Crippen molar-refractivity contribution in [2.24, 2.45) is 11.8 Å². The SMILES string of the molecule is COC(=O)NC(C(=O)N1CCC[C@H]1c1ncc(-c2ccc(/C=C/c3ccc4nc([C@@H]5CCCN5C(=O)C(NC(=O)OC)C(C)C)[nH]c4c3)cc2)[nH]1)C(C)C. The molecule has 4 aromatic rings. The number of fused-ring (bicyclic) bond motifs is 1. The number of amides is 4. The second-order valence-corrected chi connectivity index (χ2v) is 14.6. The van der Waals surface area contributed by atoms with E-state index in [-0.39, 0.29) is 35.7 Å². The monoisotopic (exact) mass is 738 g/mol. The number of hydrogen-bond donors (Lipinski definition) is 4. The van der Waals surface area contributed by atoms with Gasteiger partial charge in [0.2, 0.25) is 11.8 Å². The number of H-pyrrole nitrogens is 2. The summed E-state index contributed by atoms with van der Waals surface area (Å²) in [6.45, 7) is 8.79. The van der Waals surface area contributed by atoms with Gasteiger partial charge in [-0.1, -0.05) is 70.2 Å². The van der Waals surface area contributed by atoms with Crippen LogP contribution >= 0.6 is 0 Å². The number of aromatic nitrogens is 4. The van der Waals surface area contributed by atoms with Gasteiger partial charge in [-0.05, 0) is 66.3 Å². The van der Waals surface area contributed by atoms with E-state index in [4.69, 9.17) is 14.5 Å². The third-order valence-corrected chi connectivity index (χ3v) is 10.3. The Hall–Kier alpha value is -5.66. The van der Waals surface area contributed by atoms with Gasteiger partial charge in [0.25, 0.3) is 0 Å². The minimum Gasteiger partial charge on any atom is -0.453 e. The van der Waals surface area contributed by atoms with Crippen molar-refractivity contribution in [3.63, 3.8) is 0 Å². The molecule has 14 nitrogen and oxygen atoms in total. The lowest BCUT2D eigenvalue weighted by Gasteiger charge is -2.30. The molecule has 0 spiro atoms. The number of alkyl carbamates (subject to hydrolysis) is 2. The van der Waals surface area contributed by atoms with Crippen LogP contribution in [0.5, 0.6) is 0 Å². The highest BCUT2D eigenvalue weighted by Gasteiger charge is 2.39. The summed E-state index contributed by atoms with van der Waals surface area (Å²) in [6, 6.07) is 12.4. The molecule has 4 heterocycles. The molecule has 14 heteroatoms. The zero-order valence-electron chi connectivity index (χ0n) is 31.7. The Kier molecular flexibility index (Phi) is 11.7. The summed E-state index contributed by atoms with van der Waals surface area (Å²) in [6.07, 6.45) is 7.91. The third-order valence-electron chi connectivity index (χ3n) is 10.3. The first-order chi connectivity index (χ1) is 26.0. The smallest absolute Gasteiger partial charge is 0.407 e. The van der Waals surface area contributed by atoms with E-state index in [9.17, 15) is 19.2 Å². The standard InChI is InChI=1S/C40H50N8O6/c1-23(2)33(45-39(51)53-5)37(49)47-19-7-9-31(47)35-41-22-30(44-35)27-16-13-25(14-17-27)11-12-26-15-18-28-29(21-26)43-36(42-28)32-10-8-20-48(32)38(50)34(24(3)4)46-40(52)54-6/h11-18,21-24,31-34H,7-10,19-20H2,1-6H3,(H,41,44)(H,42,43)(H,45,51)(H,46,52)/b12-11+/t31-,32-,33?,34?/m0/s1. The maximum Gasteiger partial charge on any atom is 0.407 e. The number of rotatable bonds is 11. The molecule has 0 bridgehead atoms. The topological polar surface area (TPSA) is 175 Å². The van der Waals surface area contributed by atoms with E-state index in [0.717, 1.165) is 70.7 Å². The molecule has 2 aromatic carbocycles. The molecule has 2 saturated heterocycles. The molecule has 6 rings (SSSR count). The number of methoxy groups -OCH3 is 2. The number of hydrogen-bond acceptors (Lipinski definition) is 8. The molecule has 2 aromatic heterocycles. The highest BCUT2D eigenvalue weighted by molar-refractivity contribution is 5.87. The van der Waals surface area contributed by atoms with Crippen molar-refractivity contribution in [1.29, 1.82) is 0 Å². The Labute approximate surface area is 315 Å². The van der Waals surface area contributed by atoms with E-state index in [0.29, 0.717) is 13.1 Å². The maximum atomic E-state index is 13.5. The van der Waals surface area contributed by atoms with Gasteiger partial charge in [0.05, 0.1) is 49.2 Å². The number of carbonyl (C=O) groups is 4. The number of imidazole rings is 2. The molecule has 286 valence electrons. The van der Waals surface area contributed by atoms with Crippen molar-refractivity contribution in [3.8, 4) is 11.3 Å². The first kappa shape index (κ1) is 38.1. The number of nitrogens with zero attached hydrogens (tertiary/aromatic N) is 4. The zero-order chi connectivity index (χ0) is 38.5. The fourth-order valence-corrected chi connectivity index (χ4v) is 7.31. The Morgan fingerprint density at radius 3 is 1.85 bits per heavy atom. The highest BCUT2D eigenvalue weighted by atomic mass is 16.5. The molecule has 4 amide bonds. The minimum absolute atomic E-state index is 0.103. The van der Waals surface area contributed by atoms with Gasteiger partial charge in [-0.25, -0.2) is 19.6 Å². The third kappa shape index (κ3) is 8.27. The molecule has 4 atom stereocenters. The first-order valence-corrected chi connectivity index (χ1v) is 18.6. The van der Waals surface area contributed by atoms with Crippen molar-refractivity contribution < 1.29 is 28.7 Å². The summed E-state index contributed by atoms with van der Waals surface area (Å²) in [5, 5.41) is 5.39. The lowest BCUT2D eigenvalue weighted by Crippen LogP contribution is -2.51. The summed E-state index contributed by atoms with van der Waals surface area (Å²) in [5.74, 6) is 0.968. The van der Waals surface area contributed by atoms with Crippen LogP contribution in [0.4, 0.5) is 9.59 Å². The predicted octanol–water partition coefficient (Wildman–Crippen LogP) is 6.21. The van der Waals surface area contributed by atoms with Crippen LogP contribution in [0.3, 0.4) is 0 Å². The van der Waals surface area contributed by atoms with Gasteiger partial charge in [-0.15, -0.1) is 0 Å². The summed E-state index contributed by atoms with van der Waals surface area (Å²) in [5.41, 5.74) is 5.55. The summed E-state index contributed by atoms with van der Waals surface area (Å²) in [7, 11) is 2.58. The van der Waals surface area contributed by atoms with E-state index in [2.05, 4.69) is 25.6 Å². The van der Waals surface area contributed by atoms with E-state index in [1.807, 2.05) is 87.2 Å². The first-order valence-electron chi connectivity index (χ1n) is 18.6. The van der Waals surface area contributed by atoms with Crippen LogP contribution in [0.1, 0.15) is 88.2 Å². The van der Waals surface area contributed by atoms with Gasteiger partial charge < -0.3 is 39.9 Å². The van der Waals surface area contributed by atoms with Crippen LogP contribution in [0.2, 0.25) is 0 Å². The molecular formula is C40H50N8O6. The van der Waals surface area contributed by atoms with Crippen molar-refractivity contribution in [3.05, 3.63) is 71.4 Å². The van der Waals surface area contributed by atoms with Crippen molar-refractivity contribution in [2.45, 2.75) is 77.5 Å². The molecule has 54 heavy (non-hydrogen) atoms. The number of benzene rings is 2. The normalized spacial score (nSPS) is 18.4. The molecule has 2 unspecified atom stereocenters. The van der Waals surface area contributed by atoms with Crippen LogP contribution in [-0.4, -0.2) is 93.1 Å². The van der Waals surface area contributed by atoms with Crippen LogP contribution in [-0.2, 0) is 19.1 Å². The lowest BCUT2D eigenvalue weighted by atomic mass is 10.0. The van der Waals surface area contributed by atoms with Crippen LogP contribution in [0.15, 0.2) is 48.7 Å².